The van der Waals surface area contributed by atoms with Crippen molar-refractivity contribution in [3.8, 4) is 0 Å². The van der Waals surface area contributed by atoms with Gasteiger partial charge in [0.2, 0.25) is 0 Å². The van der Waals surface area contributed by atoms with Crippen molar-refractivity contribution in [2.45, 2.75) is 43.9 Å². The largest absolute Gasteiger partial charge is 0.478 e. The molecule has 0 saturated carbocycles. The molecule has 2 N–H and O–H groups in total. The maximum absolute atomic E-state index is 13.6. The van der Waals surface area contributed by atoms with Crippen molar-refractivity contribution >= 4 is 17.6 Å². The standard InChI is InChI=1S/C30H29F3N2O4/c1-19(21-7-9-22(10-8-21)28(37)38)34-27(36)24-3-2-4-25-26(24)35(18-29(25)13-15-39-16-14-29)17-20-5-11-23(12-6-20)30(31,32)33/h2-12,19H,13-18H2,1H3,(H,34,36)(H,37,38). The van der Waals surface area contributed by atoms with Crippen molar-refractivity contribution in [3.63, 3.8) is 0 Å². The number of carboxylic acids is 1. The number of ether oxygens (including phenoxy) is 1. The summed E-state index contributed by atoms with van der Waals surface area (Å²) in [5.74, 6) is -1.29. The van der Waals surface area contributed by atoms with Gasteiger partial charge in [-0.1, -0.05) is 36.4 Å². The zero-order valence-corrected chi connectivity index (χ0v) is 21.4. The number of halogens is 3. The van der Waals surface area contributed by atoms with Gasteiger partial charge in [-0.25, -0.2) is 4.79 Å². The van der Waals surface area contributed by atoms with E-state index >= 15 is 0 Å². The van der Waals surface area contributed by atoms with E-state index in [1.54, 1.807) is 18.2 Å². The van der Waals surface area contributed by atoms with Gasteiger partial charge in [0, 0.05) is 31.7 Å². The van der Waals surface area contributed by atoms with Crippen LogP contribution in [0, 0.1) is 0 Å². The van der Waals surface area contributed by atoms with E-state index in [4.69, 9.17) is 9.84 Å². The summed E-state index contributed by atoms with van der Waals surface area (Å²) in [4.78, 5) is 26.9. The Labute approximate surface area is 224 Å². The minimum Gasteiger partial charge on any atom is -0.478 e. The van der Waals surface area contributed by atoms with E-state index in [1.807, 2.05) is 19.1 Å². The van der Waals surface area contributed by atoms with Gasteiger partial charge in [-0.3, -0.25) is 4.79 Å². The minimum absolute atomic E-state index is 0.166. The van der Waals surface area contributed by atoms with Crippen LogP contribution in [-0.4, -0.2) is 36.7 Å². The highest BCUT2D eigenvalue weighted by atomic mass is 19.4. The summed E-state index contributed by atoms with van der Waals surface area (Å²) in [5.41, 5.74) is 3.11. The fraction of sp³-hybridized carbons (Fsp3) is 0.333. The molecule has 2 aliphatic heterocycles. The molecule has 204 valence electrons. The number of alkyl halides is 3. The maximum atomic E-state index is 13.6. The summed E-state index contributed by atoms with van der Waals surface area (Å²) in [5, 5.41) is 12.2. The summed E-state index contributed by atoms with van der Waals surface area (Å²) < 4.78 is 44.9. The van der Waals surface area contributed by atoms with Crippen molar-refractivity contribution in [2.75, 3.05) is 24.7 Å². The van der Waals surface area contributed by atoms with Gasteiger partial charge in [0.25, 0.3) is 5.91 Å². The van der Waals surface area contributed by atoms with Crippen LogP contribution >= 0.6 is 0 Å². The smallest absolute Gasteiger partial charge is 0.416 e. The number of fused-ring (bicyclic) bond motifs is 2. The lowest BCUT2D eigenvalue weighted by Crippen LogP contribution is -2.38. The molecule has 1 amide bonds. The quantitative estimate of drug-likeness (QED) is 0.405. The molecule has 1 unspecified atom stereocenters. The molecular formula is C30H29F3N2O4. The van der Waals surface area contributed by atoms with E-state index in [1.165, 1.54) is 24.3 Å². The lowest BCUT2D eigenvalue weighted by atomic mass is 9.75. The van der Waals surface area contributed by atoms with Gasteiger partial charge in [-0.05, 0) is 66.8 Å². The van der Waals surface area contributed by atoms with Crippen molar-refractivity contribution in [1.82, 2.24) is 5.32 Å². The van der Waals surface area contributed by atoms with E-state index in [9.17, 15) is 22.8 Å². The predicted octanol–water partition coefficient (Wildman–Crippen LogP) is 5.96. The molecule has 0 radical (unpaired) electrons. The Hall–Kier alpha value is -3.85. The number of para-hydroxylation sites is 1. The third kappa shape index (κ3) is 5.36. The summed E-state index contributed by atoms with van der Waals surface area (Å²) in [6, 6.07) is 16.8. The number of aromatic carboxylic acids is 1. The second kappa shape index (κ2) is 10.4. The molecule has 3 aromatic carbocycles. The maximum Gasteiger partial charge on any atom is 0.416 e. The first-order chi connectivity index (χ1) is 18.6. The lowest BCUT2D eigenvalue weighted by Gasteiger charge is -2.34. The van der Waals surface area contributed by atoms with Crippen LogP contribution in [0.5, 0.6) is 0 Å². The zero-order chi connectivity index (χ0) is 27.8. The van der Waals surface area contributed by atoms with Crippen LogP contribution in [0.1, 0.15) is 68.8 Å². The van der Waals surface area contributed by atoms with Crippen LogP contribution in [0.3, 0.4) is 0 Å². The molecular weight excluding hydrogens is 509 g/mol. The number of nitrogens with one attached hydrogen (secondary N) is 1. The molecule has 9 heteroatoms. The fourth-order valence-corrected chi connectivity index (χ4v) is 5.64. The first-order valence-electron chi connectivity index (χ1n) is 12.8. The van der Waals surface area contributed by atoms with Crippen molar-refractivity contribution in [3.05, 3.63) is 100 Å². The normalized spacial score (nSPS) is 17.1. The first kappa shape index (κ1) is 26.7. The van der Waals surface area contributed by atoms with Crippen LogP contribution in [0.4, 0.5) is 18.9 Å². The number of rotatable bonds is 6. The number of hydrogen-bond acceptors (Lipinski definition) is 4. The topological polar surface area (TPSA) is 78.9 Å². The average molecular weight is 539 g/mol. The first-order valence-corrected chi connectivity index (χ1v) is 12.8. The van der Waals surface area contributed by atoms with Crippen LogP contribution in [0.25, 0.3) is 0 Å². The van der Waals surface area contributed by atoms with Crippen LogP contribution < -0.4 is 10.2 Å². The average Bonchev–Trinajstić information content (AvgIpc) is 3.21. The molecule has 5 rings (SSSR count). The number of carbonyl (C=O) groups excluding carboxylic acids is 1. The van der Waals surface area contributed by atoms with Gasteiger partial charge < -0.3 is 20.1 Å². The number of anilines is 1. The van der Waals surface area contributed by atoms with E-state index in [0.29, 0.717) is 31.9 Å². The van der Waals surface area contributed by atoms with E-state index in [0.717, 1.165) is 47.4 Å². The number of hydrogen-bond donors (Lipinski definition) is 2. The molecule has 1 atom stereocenters. The summed E-state index contributed by atoms with van der Waals surface area (Å²) in [7, 11) is 0. The lowest BCUT2D eigenvalue weighted by molar-refractivity contribution is -0.137. The molecule has 1 saturated heterocycles. The van der Waals surface area contributed by atoms with Gasteiger partial charge >= 0.3 is 12.1 Å². The fourth-order valence-electron chi connectivity index (χ4n) is 5.64. The molecule has 39 heavy (non-hydrogen) atoms. The highest BCUT2D eigenvalue weighted by Crippen LogP contribution is 2.48. The molecule has 1 spiro atoms. The molecule has 2 aliphatic rings. The third-order valence-corrected chi connectivity index (χ3v) is 7.77. The Bertz CT molecular complexity index is 1360. The molecule has 0 aliphatic carbocycles. The number of carbonyl (C=O) groups is 2. The Morgan fingerprint density at radius 3 is 2.31 bits per heavy atom. The SMILES string of the molecule is CC(NC(=O)c1cccc2c1N(Cc1ccc(C(F)(F)F)cc1)CC21CCOCC1)c1ccc(C(=O)O)cc1. The zero-order valence-electron chi connectivity index (χ0n) is 21.4. The monoisotopic (exact) mass is 538 g/mol. The minimum atomic E-state index is -4.40. The van der Waals surface area contributed by atoms with Crippen LogP contribution in [0.2, 0.25) is 0 Å². The summed E-state index contributed by atoms with van der Waals surface area (Å²) in [6.07, 6.45) is -2.82. The van der Waals surface area contributed by atoms with E-state index in [-0.39, 0.29) is 22.9 Å². The van der Waals surface area contributed by atoms with E-state index in [2.05, 4.69) is 10.2 Å². The Balaban J connectivity index is 1.44. The van der Waals surface area contributed by atoms with Crippen molar-refractivity contribution < 1.29 is 32.6 Å². The van der Waals surface area contributed by atoms with Gasteiger partial charge in [-0.2, -0.15) is 13.2 Å². The number of benzene rings is 3. The second-order valence-electron chi connectivity index (χ2n) is 10.3. The molecule has 0 bridgehead atoms. The molecule has 2 heterocycles. The van der Waals surface area contributed by atoms with Crippen molar-refractivity contribution in [2.24, 2.45) is 0 Å². The molecule has 0 aromatic heterocycles. The number of amides is 1. The van der Waals surface area contributed by atoms with Gasteiger partial charge in [0.05, 0.1) is 28.4 Å². The molecule has 3 aromatic rings. The highest BCUT2D eigenvalue weighted by molar-refractivity contribution is 6.01. The third-order valence-electron chi connectivity index (χ3n) is 7.77. The number of nitrogens with zero attached hydrogens (tertiary/aromatic N) is 1. The van der Waals surface area contributed by atoms with E-state index < -0.39 is 17.7 Å². The van der Waals surface area contributed by atoms with Crippen LogP contribution in [0.15, 0.2) is 66.7 Å². The Morgan fingerprint density at radius 1 is 1.03 bits per heavy atom. The predicted molar refractivity (Wildman–Crippen MR) is 140 cm³/mol. The number of carboxylic acid groups (broad SMARTS) is 1. The summed E-state index contributed by atoms with van der Waals surface area (Å²) >= 11 is 0. The van der Waals surface area contributed by atoms with Crippen LogP contribution in [-0.2, 0) is 22.9 Å². The van der Waals surface area contributed by atoms with Gasteiger partial charge in [0.15, 0.2) is 0 Å². The van der Waals surface area contributed by atoms with Gasteiger partial charge in [0.1, 0.15) is 0 Å². The Kier molecular flexibility index (Phi) is 7.11. The highest BCUT2D eigenvalue weighted by Gasteiger charge is 2.45. The Morgan fingerprint density at radius 2 is 1.69 bits per heavy atom. The van der Waals surface area contributed by atoms with Crippen molar-refractivity contribution in [1.29, 1.82) is 0 Å². The second-order valence-corrected chi connectivity index (χ2v) is 10.3. The summed E-state index contributed by atoms with van der Waals surface area (Å²) in [6.45, 7) is 4.05. The van der Waals surface area contributed by atoms with Gasteiger partial charge in [-0.15, -0.1) is 0 Å². The molecule has 1 fully saturated rings. The molecule has 6 nitrogen and oxygen atoms in total.